The monoisotopic (exact) mass is 359 g/mol. The molecule has 5 heteroatoms. The molecule has 3 N–H and O–H groups in total. The Morgan fingerprint density at radius 1 is 1.40 bits per heavy atom. The number of halogens is 1. The molecule has 1 aliphatic heterocycles. The maximum atomic E-state index is 5.96. The third kappa shape index (κ3) is 3.12. The lowest BCUT2D eigenvalue weighted by Crippen LogP contribution is -2.62. The van der Waals surface area contributed by atoms with Crippen molar-refractivity contribution in [2.45, 2.75) is 57.5 Å². The Hall–Kier alpha value is 0.0600. The van der Waals surface area contributed by atoms with Crippen molar-refractivity contribution >= 4 is 27.3 Å². The van der Waals surface area contributed by atoms with Crippen LogP contribution in [0.5, 0.6) is 0 Å². The third-order valence-electron chi connectivity index (χ3n) is 4.89. The molecule has 1 saturated heterocycles. The number of rotatable bonds is 7. The Labute approximate surface area is 135 Å². The molecule has 3 nitrogen and oxygen atoms in total. The van der Waals surface area contributed by atoms with Gasteiger partial charge in [-0.1, -0.05) is 13.8 Å². The molecule has 2 heterocycles. The zero-order chi connectivity index (χ0) is 14.6. The Balaban J connectivity index is 2.22. The standard InChI is InChI=1S/C15H26BrN3S/c1-3-15(4-2,19-8-5-6-9-19)14(18-17)11-13-12(16)7-10-20-13/h7,10,14,18H,3-6,8-9,11,17H2,1-2H3. The van der Waals surface area contributed by atoms with E-state index in [-0.39, 0.29) is 5.54 Å². The topological polar surface area (TPSA) is 41.3 Å². The summed E-state index contributed by atoms with van der Waals surface area (Å²) in [5.41, 5.74) is 3.31. The van der Waals surface area contributed by atoms with Crippen LogP contribution in [-0.2, 0) is 6.42 Å². The van der Waals surface area contributed by atoms with Crippen LogP contribution in [0.15, 0.2) is 15.9 Å². The number of hydrazine groups is 1. The van der Waals surface area contributed by atoms with Crippen molar-refractivity contribution in [3.63, 3.8) is 0 Å². The molecule has 0 aromatic carbocycles. The van der Waals surface area contributed by atoms with Gasteiger partial charge in [-0.25, -0.2) is 0 Å². The summed E-state index contributed by atoms with van der Waals surface area (Å²) in [5, 5.41) is 2.14. The summed E-state index contributed by atoms with van der Waals surface area (Å²) in [7, 11) is 0. The zero-order valence-electron chi connectivity index (χ0n) is 12.5. The SMILES string of the molecule is CCC(CC)(C(Cc1sccc1Br)NN)N1CCCC1. The number of hydrogen-bond acceptors (Lipinski definition) is 4. The number of nitrogens with zero attached hydrogens (tertiary/aromatic N) is 1. The fourth-order valence-electron chi connectivity index (χ4n) is 3.63. The summed E-state index contributed by atoms with van der Waals surface area (Å²) in [6.07, 6.45) is 5.92. The van der Waals surface area contributed by atoms with Crippen molar-refractivity contribution in [2.24, 2.45) is 5.84 Å². The van der Waals surface area contributed by atoms with E-state index in [1.807, 2.05) is 11.3 Å². The van der Waals surface area contributed by atoms with Crippen LogP contribution in [0.1, 0.15) is 44.4 Å². The normalized spacial score (nSPS) is 18.6. The minimum Gasteiger partial charge on any atom is -0.296 e. The van der Waals surface area contributed by atoms with E-state index >= 15 is 0 Å². The summed E-state index contributed by atoms with van der Waals surface area (Å²) in [5.74, 6) is 5.96. The highest BCUT2D eigenvalue weighted by Crippen LogP contribution is 2.34. The Morgan fingerprint density at radius 2 is 2.05 bits per heavy atom. The van der Waals surface area contributed by atoms with Gasteiger partial charge in [-0.15, -0.1) is 11.3 Å². The molecule has 1 aliphatic rings. The predicted molar refractivity (Wildman–Crippen MR) is 91.0 cm³/mol. The van der Waals surface area contributed by atoms with Gasteiger partial charge in [0.25, 0.3) is 0 Å². The maximum absolute atomic E-state index is 5.96. The Bertz CT molecular complexity index is 411. The molecule has 20 heavy (non-hydrogen) atoms. The van der Waals surface area contributed by atoms with E-state index in [0.29, 0.717) is 6.04 Å². The van der Waals surface area contributed by atoms with Gasteiger partial charge < -0.3 is 0 Å². The highest BCUT2D eigenvalue weighted by Gasteiger charge is 2.41. The molecule has 2 rings (SSSR count). The lowest BCUT2D eigenvalue weighted by Gasteiger charge is -2.46. The van der Waals surface area contributed by atoms with Gasteiger partial charge in [0.05, 0.1) is 0 Å². The molecule has 0 aliphatic carbocycles. The van der Waals surface area contributed by atoms with E-state index in [0.717, 1.165) is 19.3 Å². The molecule has 0 spiro atoms. The molecule has 1 fully saturated rings. The predicted octanol–water partition coefficient (Wildman–Crippen LogP) is 3.54. The Kier molecular flexibility index (Phi) is 6.05. The van der Waals surface area contributed by atoms with E-state index in [1.165, 1.54) is 35.3 Å². The van der Waals surface area contributed by atoms with Crippen LogP contribution >= 0.6 is 27.3 Å². The fourth-order valence-corrected chi connectivity index (χ4v) is 5.19. The third-order valence-corrected chi connectivity index (χ3v) is 6.84. The molecule has 1 unspecified atom stereocenters. The molecule has 1 atom stereocenters. The largest absolute Gasteiger partial charge is 0.296 e. The van der Waals surface area contributed by atoms with Crippen molar-refractivity contribution in [1.82, 2.24) is 10.3 Å². The number of nitrogens with one attached hydrogen (secondary N) is 1. The first-order valence-corrected chi connectivity index (χ1v) is 9.28. The number of hydrogen-bond donors (Lipinski definition) is 2. The van der Waals surface area contributed by atoms with Crippen LogP contribution in [0.25, 0.3) is 0 Å². The van der Waals surface area contributed by atoms with E-state index in [4.69, 9.17) is 5.84 Å². The maximum Gasteiger partial charge on any atom is 0.0443 e. The number of nitrogens with two attached hydrogens (primary N) is 1. The first kappa shape index (κ1) is 16.4. The van der Waals surface area contributed by atoms with Crippen molar-refractivity contribution in [1.29, 1.82) is 0 Å². The molecule has 0 amide bonds. The smallest absolute Gasteiger partial charge is 0.0443 e. The van der Waals surface area contributed by atoms with Crippen LogP contribution in [0.4, 0.5) is 0 Å². The van der Waals surface area contributed by atoms with E-state index < -0.39 is 0 Å². The van der Waals surface area contributed by atoms with Gasteiger partial charge in [0.1, 0.15) is 0 Å². The molecular formula is C15H26BrN3S. The van der Waals surface area contributed by atoms with Gasteiger partial charge in [-0.05, 0) is 66.1 Å². The second-order valence-electron chi connectivity index (χ2n) is 5.62. The number of likely N-dealkylation sites (tertiary alicyclic amines) is 1. The number of thiophene rings is 1. The first-order valence-electron chi connectivity index (χ1n) is 7.61. The van der Waals surface area contributed by atoms with Gasteiger partial charge in [0.2, 0.25) is 0 Å². The van der Waals surface area contributed by atoms with Crippen molar-refractivity contribution in [3.05, 3.63) is 20.8 Å². The Morgan fingerprint density at radius 3 is 2.50 bits per heavy atom. The van der Waals surface area contributed by atoms with E-state index in [1.54, 1.807) is 0 Å². The average molecular weight is 360 g/mol. The molecule has 0 saturated carbocycles. The molecule has 1 aromatic heterocycles. The minimum absolute atomic E-state index is 0.175. The summed E-state index contributed by atoms with van der Waals surface area (Å²) < 4.78 is 1.21. The van der Waals surface area contributed by atoms with Gasteiger partial charge in [-0.2, -0.15) is 0 Å². The lowest BCUT2D eigenvalue weighted by atomic mass is 9.81. The quantitative estimate of drug-likeness (QED) is 0.577. The zero-order valence-corrected chi connectivity index (χ0v) is 14.9. The fraction of sp³-hybridized carbons (Fsp3) is 0.733. The molecule has 114 valence electrons. The molecule has 0 bridgehead atoms. The summed E-state index contributed by atoms with van der Waals surface area (Å²) in [6, 6.07) is 2.42. The summed E-state index contributed by atoms with van der Waals surface area (Å²) >= 11 is 5.46. The van der Waals surface area contributed by atoms with Gasteiger partial charge >= 0.3 is 0 Å². The minimum atomic E-state index is 0.175. The van der Waals surface area contributed by atoms with Crippen LogP contribution < -0.4 is 11.3 Å². The van der Waals surface area contributed by atoms with E-state index in [2.05, 4.69) is 51.5 Å². The molecular weight excluding hydrogens is 334 g/mol. The van der Waals surface area contributed by atoms with Crippen LogP contribution in [0, 0.1) is 0 Å². The highest BCUT2D eigenvalue weighted by atomic mass is 79.9. The first-order chi connectivity index (χ1) is 9.67. The van der Waals surface area contributed by atoms with Crippen LogP contribution in [0.2, 0.25) is 0 Å². The van der Waals surface area contributed by atoms with E-state index in [9.17, 15) is 0 Å². The van der Waals surface area contributed by atoms with Crippen molar-refractivity contribution in [2.75, 3.05) is 13.1 Å². The molecule has 0 radical (unpaired) electrons. The van der Waals surface area contributed by atoms with Crippen molar-refractivity contribution < 1.29 is 0 Å². The van der Waals surface area contributed by atoms with Gasteiger partial charge in [0, 0.05) is 27.4 Å². The van der Waals surface area contributed by atoms with Crippen LogP contribution in [-0.4, -0.2) is 29.6 Å². The second-order valence-corrected chi connectivity index (χ2v) is 7.47. The molecule has 1 aromatic rings. The second kappa shape index (κ2) is 7.36. The average Bonchev–Trinajstić information content (AvgIpc) is 3.12. The lowest BCUT2D eigenvalue weighted by molar-refractivity contribution is 0.0623. The highest BCUT2D eigenvalue weighted by molar-refractivity contribution is 9.10. The van der Waals surface area contributed by atoms with Crippen LogP contribution in [0.3, 0.4) is 0 Å². The van der Waals surface area contributed by atoms with Gasteiger partial charge in [0.15, 0.2) is 0 Å². The summed E-state index contributed by atoms with van der Waals surface area (Å²) in [6.45, 7) is 7.03. The summed E-state index contributed by atoms with van der Waals surface area (Å²) in [4.78, 5) is 4.05. The van der Waals surface area contributed by atoms with Crippen molar-refractivity contribution in [3.8, 4) is 0 Å². The van der Waals surface area contributed by atoms with Gasteiger partial charge in [-0.3, -0.25) is 16.2 Å².